The van der Waals surface area contributed by atoms with E-state index in [0.717, 1.165) is 16.3 Å². The Bertz CT molecular complexity index is 1090. The molecule has 0 amide bonds. The zero-order valence-corrected chi connectivity index (χ0v) is 15.2. The Morgan fingerprint density at radius 2 is 1.96 bits per heavy atom. The van der Waals surface area contributed by atoms with E-state index in [-0.39, 0.29) is 11.3 Å². The van der Waals surface area contributed by atoms with Crippen molar-refractivity contribution in [1.82, 2.24) is 3.97 Å². The number of aryl methyl sites for hydroxylation is 2. The van der Waals surface area contributed by atoms with Gasteiger partial charge in [-0.1, -0.05) is 6.07 Å². The summed E-state index contributed by atoms with van der Waals surface area (Å²) in [4.78, 5) is 10.6. The molecule has 3 rings (SSSR count). The fourth-order valence-corrected chi connectivity index (χ4v) is 4.24. The van der Waals surface area contributed by atoms with Gasteiger partial charge >= 0.3 is 0 Å². The van der Waals surface area contributed by atoms with Gasteiger partial charge in [-0.2, -0.15) is 0 Å². The van der Waals surface area contributed by atoms with Gasteiger partial charge in [0.1, 0.15) is 17.9 Å². The van der Waals surface area contributed by atoms with Crippen molar-refractivity contribution in [1.29, 1.82) is 0 Å². The third kappa shape index (κ3) is 3.10. The smallest absolute Gasteiger partial charge is 0.268 e. The molecule has 0 saturated carbocycles. The lowest BCUT2D eigenvalue weighted by atomic mass is 10.1. The largest absolute Gasteiger partial charge is 0.497 e. The van der Waals surface area contributed by atoms with Crippen LogP contribution in [0.5, 0.6) is 5.75 Å². The van der Waals surface area contributed by atoms with E-state index in [2.05, 4.69) is 0 Å². The third-order valence-electron chi connectivity index (χ3n) is 4.29. The quantitative estimate of drug-likeness (QED) is 0.619. The first-order valence-corrected chi connectivity index (χ1v) is 9.46. The van der Waals surface area contributed by atoms with Crippen LogP contribution in [0.25, 0.3) is 10.9 Å². The second-order valence-electron chi connectivity index (χ2n) is 5.95. The predicted molar refractivity (Wildman–Crippen MR) is 96.6 cm³/mol. The van der Waals surface area contributed by atoms with Crippen molar-refractivity contribution in [2.24, 2.45) is 0 Å². The number of nitrogens with zero attached hydrogens (tertiary/aromatic N) is 1. The van der Waals surface area contributed by atoms with Crippen molar-refractivity contribution in [3.8, 4) is 5.75 Å². The Morgan fingerprint density at radius 3 is 2.62 bits per heavy atom. The van der Waals surface area contributed by atoms with Gasteiger partial charge < -0.3 is 9.53 Å². The van der Waals surface area contributed by atoms with E-state index in [9.17, 15) is 17.6 Å². The normalized spacial score (nSPS) is 11.7. The molecule has 0 bridgehead atoms. The molecule has 136 valence electrons. The number of rotatable bonds is 6. The number of aromatic nitrogens is 1. The van der Waals surface area contributed by atoms with E-state index < -0.39 is 15.8 Å². The minimum Gasteiger partial charge on any atom is -0.497 e. The van der Waals surface area contributed by atoms with Gasteiger partial charge in [0.05, 0.1) is 17.5 Å². The minimum atomic E-state index is -3.98. The molecule has 0 aliphatic carbocycles. The second kappa shape index (κ2) is 6.92. The molecule has 0 atom stereocenters. The molecule has 5 nitrogen and oxygen atoms in total. The molecule has 3 aromatic rings. The number of hydrogen-bond acceptors (Lipinski definition) is 4. The highest BCUT2D eigenvalue weighted by Crippen LogP contribution is 2.30. The highest BCUT2D eigenvalue weighted by molar-refractivity contribution is 7.90. The van der Waals surface area contributed by atoms with E-state index in [1.807, 2.05) is 0 Å². The Kier molecular flexibility index (Phi) is 4.82. The van der Waals surface area contributed by atoms with Crippen molar-refractivity contribution in [3.63, 3.8) is 0 Å². The van der Waals surface area contributed by atoms with Crippen LogP contribution in [0.15, 0.2) is 47.5 Å². The van der Waals surface area contributed by atoms with Crippen LogP contribution in [-0.2, 0) is 21.2 Å². The first kappa shape index (κ1) is 18.1. The number of hydrogen-bond donors (Lipinski definition) is 0. The van der Waals surface area contributed by atoms with Gasteiger partial charge in [-0.05, 0) is 54.8 Å². The molecule has 0 saturated heterocycles. The third-order valence-corrected chi connectivity index (χ3v) is 5.96. The topological polar surface area (TPSA) is 65.4 Å². The molecule has 7 heteroatoms. The summed E-state index contributed by atoms with van der Waals surface area (Å²) in [6, 6.07) is 8.87. The number of methoxy groups -OCH3 is 1. The SMILES string of the molecule is COc1ccc2c(c1)c(CCC=O)cn2S(=O)(=O)c1ccc(C)c(F)c1. The molecule has 1 heterocycles. The van der Waals surface area contributed by atoms with E-state index in [4.69, 9.17) is 4.74 Å². The van der Waals surface area contributed by atoms with Crippen molar-refractivity contribution < 1.29 is 22.3 Å². The molecule has 1 aromatic heterocycles. The Labute approximate surface area is 151 Å². The molecule has 0 aliphatic heterocycles. The van der Waals surface area contributed by atoms with Crippen LogP contribution in [-0.4, -0.2) is 25.8 Å². The van der Waals surface area contributed by atoms with Crippen molar-refractivity contribution in [2.75, 3.05) is 7.11 Å². The number of halogens is 1. The number of carbonyl (C=O) groups is 1. The molecule has 0 spiro atoms. The molecular formula is C19H18FNO4S. The zero-order chi connectivity index (χ0) is 18.9. The van der Waals surface area contributed by atoms with E-state index in [0.29, 0.717) is 34.2 Å². The summed E-state index contributed by atoms with van der Waals surface area (Å²) in [7, 11) is -2.46. The summed E-state index contributed by atoms with van der Waals surface area (Å²) in [6.07, 6.45) is 2.95. The van der Waals surface area contributed by atoms with Crippen LogP contribution in [0.4, 0.5) is 4.39 Å². The Morgan fingerprint density at radius 1 is 1.19 bits per heavy atom. The second-order valence-corrected chi connectivity index (χ2v) is 7.77. The van der Waals surface area contributed by atoms with Crippen LogP contribution >= 0.6 is 0 Å². The summed E-state index contributed by atoms with van der Waals surface area (Å²) in [6.45, 7) is 1.57. The fourth-order valence-electron chi connectivity index (χ4n) is 2.83. The predicted octanol–water partition coefficient (Wildman–Crippen LogP) is 3.47. The summed E-state index contributed by atoms with van der Waals surface area (Å²) < 4.78 is 46.3. The number of aldehydes is 1. The highest BCUT2D eigenvalue weighted by Gasteiger charge is 2.22. The van der Waals surface area contributed by atoms with Gasteiger partial charge in [0.2, 0.25) is 0 Å². The number of benzene rings is 2. The van der Waals surface area contributed by atoms with E-state index >= 15 is 0 Å². The molecule has 0 aliphatic rings. The van der Waals surface area contributed by atoms with Crippen LogP contribution in [0.1, 0.15) is 17.5 Å². The highest BCUT2D eigenvalue weighted by atomic mass is 32.2. The van der Waals surface area contributed by atoms with Gasteiger partial charge in [0.15, 0.2) is 0 Å². The Hall–Kier alpha value is -2.67. The van der Waals surface area contributed by atoms with Crippen LogP contribution in [0.3, 0.4) is 0 Å². The summed E-state index contributed by atoms with van der Waals surface area (Å²) in [5, 5.41) is 0.683. The Balaban J connectivity index is 2.22. The van der Waals surface area contributed by atoms with Gasteiger partial charge in [-0.15, -0.1) is 0 Å². The van der Waals surface area contributed by atoms with Gasteiger partial charge in [0, 0.05) is 18.0 Å². The maximum atomic E-state index is 13.9. The lowest BCUT2D eigenvalue weighted by Gasteiger charge is -2.09. The van der Waals surface area contributed by atoms with E-state index in [1.54, 1.807) is 25.1 Å². The van der Waals surface area contributed by atoms with Gasteiger partial charge in [-0.3, -0.25) is 0 Å². The molecule has 0 radical (unpaired) electrons. The van der Waals surface area contributed by atoms with Gasteiger partial charge in [-0.25, -0.2) is 16.8 Å². The monoisotopic (exact) mass is 375 g/mol. The molecule has 0 unspecified atom stereocenters. The molecule has 0 fully saturated rings. The van der Waals surface area contributed by atoms with Crippen LogP contribution < -0.4 is 4.74 Å². The summed E-state index contributed by atoms with van der Waals surface area (Å²) in [5.74, 6) is 0.00626. The zero-order valence-electron chi connectivity index (χ0n) is 14.4. The lowest BCUT2D eigenvalue weighted by molar-refractivity contribution is -0.107. The standard InChI is InChI=1S/C19H18FNO4S/c1-13-5-7-16(11-18(13)20)26(23,24)21-12-14(4-3-9-22)17-10-15(25-2)6-8-19(17)21/h5-12H,3-4H2,1-2H3. The number of ether oxygens (including phenoxy) is 1. The van der Waals surface area contributed by atoms with Crippen LogP contribution in [0, 0.1) is 12.7 Å². The maximum absolute atomic E-state index is 13.9. The molecule has 0 N–H and O–H groups in total. The molecular weight excluding hydrogens is 357 g/mol. The lowest BCUT2D eigenvalue weighted by Crippen LogP contribution is -2.12. The molecule has 26 heavy (non-hydrogen) atoms. The van der Waals surface area contributed by atoms with Crippen LogP contribution in [0.2, 0.25) is 0 Å². The van der Waals surface area contributed by atoms with Crippen molar-refractivity contribution in [2.45, 2.75) is 24.7 Å². The molecule has 2 aromatic carbocycles. The fraction of sp³-hybridized carbons (Fsp3) is 0.211. The maximum Gasteiger partial charge on any atom is 0.268 e. The average Bonchev–Trinajstić information content (AvgIpc) is 3.00. The first-order valence-electron chi connectivity index (χ1n) is 8.02. The van der Waals surface area contributed by atoms with E-state index in [1.165, 1.54) is 25.4 Å². The van der Waals surface area contributed by atoms with Crippen molar-refractivity contribution >= 4 is 27.2 Å². The number of fused-ring (bicyclic) bond motifs is 1. The number of carbonyl (C=O) groups excluding carboxylic acids is 1. The summed E-state index contributed by atoms with van der Waals surface area (Å²) >= 11 is 0. The average molecular weight is 375 g/mol. The van der Waals surface area contributed by atoms with Crippen molar-refractivity contribution in [3.05, 3.63) is 59.5 Å². The van der Waals surface area contributed by atoms with Gasteiger partial charge in [0.25, 0.3) is 10.0 Å². The summed E-state index contributed by atoms with van der Waals surface area (Å²) in [5.41, 5.74) is 1.53. The minimum absolute atomic E-state index is 0.129. The first-order chi connectivity index (χ1) is 12.4.